The largest absolute Gasteiger partial charge is 0.481 e. The summed E-state index contributed by atoms with van der Waals surface area (Å²) in [6.07, 6.45) is 2.63. The molecule has 0 spiro atoms. The van der Waals surface area contributed by atoms with E-state index in [1.807, 2.05) is 13.8 Å². The number of ether oxygens (including phenoxy) is 1. The van der Waals surface area contributed by atoms with Gasteiger partial charge in [0.15, 0.2) is 0 Å². The second-order valence-corrected chi connectivity index (χ2v) is 5.30. The molecule has 0 aromatic carbocycles. The summed E-state index contributed by atoms with van der Waals surface area (Å²) in [5.41, 5.74) is -0.828. The summed E-state index contributed by atoms with van der Waals surface area (Å²) >= 11 is 0. The monoisotopic (exact) mass is 216 g/mol. The third-order valence-corrected chi connectivity index (χ3v) is 2.65. The quantitative estimate of drug-likeness (QED) is 0.711. The summed E-state index contributed by atoms with van der Waals surface area (Å²) in [6, 6.07) is 0. The molecule has 90 valence electrons. The molecule has 0 rings (SSSR count). The summed E-state index contributed by atoms with van der Waals surface area (Å²) in [6.45, 7) is 10.2. The van der Waals surface area contributed by atoms with Crippen molar-refractivity contribution in [2.24, 2.45) is 5.41 Å². The maximum absolute atomic E-state index is 10.8. The lowest BCUT2D eigenvalue weighted by molar-refractivity contribution is -0.149. The molecule has 0 aromatic rings. The van der Waals surface area contributed by atoms with Crippen LogP contribution in [-0.2, 0) is 9.53 Å². The molecule has 0 aromatic heterocycles. The lowest BCUT2D eigenvalue weighted by Crippen LogP contribution is -2.29. The van der Waals surface area contributed by atoms with Crippen LogP contribution in [0.1, 0.15) is 53.9 Å². The third-order valence-electron chi connectivity index (χ3n) is 2.65. The zero-order valence-corrected chi connectivity index (χ0v) is 10.6. The van der Waals surface area contributed by atoms with Gasteiger partial charge in [0, 0.05) is 6.61 Å². The maximum Gasteiger partial charge on any atom is 0.309 e. The molecule has 0 heterocycles. The Balaban J connectivity index is 3.93. The van der Waals surface area contributed by atoms with Crippen LogP contribution in [0.5, 0.6) is 0 Å². The van der Waals surface area contributed by atoms with Crippen molar-refractivity contribution in [1.29, 1.82) is 0 Å². The van der Waals surface area contributed by atoms with E-state index in [0.717, 1.165) is 12.8 Å². The fourth-order valence-corrected chi connectivity index (χ4v) is 1.36. The predicted octanol–water partition coefficient (Wildman–Crippen LogP) is 3.08. The van der Waals surface area contributed by atoms with Gasteiger partial charge >= 0.3 is 5.97 Å². The molecule has 0 aliphatic carbocycles. The third kappa shape index (κ3) is 5.78. The van der Waals surface area contributed by atoms with Crippen molar-refractivity contribution in [1.82, 2.24) is 0 Å². The number of carboxylic acids is 1. The Hall–Kier alpha value is -0.570. The van der Waals surface area contributed by atoms with Gasteiger partial charge in [-0.2, -0.15) is 0 Å². The summed E-state index contributed by atoms with van der Waals surface area (Å²) in [4.78, 5) is 10.8. The van der Waals surface area contributed by atoms with Crippen LogP contribution in [0.2, 0.25) is 0 Å². The van der Waals surface area contributed by atoms with Crippen LogP contribution in [0.25, 0.3) is 0 Å². The Morgan fingerprint density at radius 1 is 1.20 bits per heavy atom. The van der Waals surface area contributed by atoms with E-state index in [-0.39, 0.29) is 5.60 Å². The minimum Gasteiger partial charge on any atom is -0.481 e. The van der Waals surface area contributed by atoms with Crippen molar-refractivity contribution in [2.45, 2.75) is 59.5 Å². The van der Waals surface area contributed by atoms with Crippen LogP contribution in [-0.4, -0.2) is 23.3 Å². The molecule has 1 N–H and O–H groups in total. The van der Waals surface area contributed by atoms with Crippen LogP contribution < -0.4 is 0 Å². The van der Waals surface area contributed by atoms with Crippen molar-refractivity contribution < 1.29 is 14.6 Å². The molecular weight excluding hydrogens is 192 g/mol. The Bertz CT molecular complexity index is 207. The van der Waals surface area contributed by atoms with E-state index in [0.29, 0.717) is 13.0 Å². The normalized spacial score (nSPS) is 12.9. The number of hydrogen-bond acceptors (Lipinski definition) is 2. The highest BCUT2D eigenvalue weighted by Gasteiger charge is 2.27. The van der Waals surface area contributed by atoms with E-state index < -0.39 is 11.4 Å². The van der Waals surface area contributed by atoms with Gasteiger partial charge in [-0.1, -0.05) is 13.3 Å². The molecular formula is C12H24O3. The van der Waals surface area contributed by atoms with Crippen LogP contribution in [0.15, 0.2) is 0 Å². The first-order valence-corrected chi connectivity index (χ1v) is 5.58. The average Bonchev–Trinajstić information content (AvgIpc) is 2.02. The van der Waals surface area contributed by atoms with Gasteiger partial charge in [0.05, 0.1) is 11.0 Å². The minimum atomic E-state index is -0.764. The fourth-order valence-electron chi connectivity index (χ4n) is 1.36. The molecule has 0 aliphatic heterocycles. The van der Waals surface area contributed by atoms with Crippen LogP contribution in [0.4, 0.5) is 0 Å². The zero-order valence-electron chi connectivity index (χ0n) is 10.6. The predicted molar refractivity (Wildman–Crippen MR) is 61.0 cm³/mol. The van der Waals surface area contributed by atoms with E-state index >= 15 is 0 Å². The smallest absolute Gasteiger partial charge is 0.309 e. The second-order valence-electron chi connectivity index (χ2n) is 5.30. The Kier molecular flexibility index (Phi) is 5.29. The Morgan fingerprint density at radius 3 is 2.13 bits per heavy atom. The topological polar surface area (TPSA) is 46.5 Å². The van der Waals surface area contributed by atoms with Crippen molar-refractivity contribution in [3.8, 4) is 0 Å². The fraction of sp³-hybridized carbons (Fsp3) is 0.917. The molecule has 0 atom stereocenters. The summed E-state index contributed by atoms with van der Waals surface area (Å²) < 4.78 is 5.69. The lowest BCUT2D eigenvalue weighted by Gasteiger charge is -2.27. The van der Waals surface area contributed by atoms with Gasteiger partial charge in [0.25, 0.3) is 0 Å². The first-order valence-electron chi connectivity index (χ1n) is 5.58. The molecule has 0 radical (unpaired) electrons. The van der Waals surface area contributed by atoms with Gasteiger partial charge in [0.1, 0.15) is 0 Å². The highest BCUT2D eigenvalue weighted by Crippen LogP contribution is 2.23. The minimum absolute atomic E-state index is 0.136. The van der Waals surface area contributed by atoms with Crippen LogP contribution in [0.3, 0.4) is 0 Å². The Morgan fingerprint density at radius 2 is 1.73 bits per heavy atom. The zero-order chi connectivity index (χ0) is 12.1. The average molecular weight is 216 g/mol. The SMILES string of the molecule is CCCC(C)(C)OCCC(C)(C)C(=O)O. The van der Waals surface area contributed by atoms with Gasteiger partial charge in [-0.25, -0.2) is 0 Å². The van der Waals surface area contributed by atoms with E-state index in [1.54, 1.807) is 13.8 Å². The summed E-state index contributed by atoms with van der Waals surface area (Å²) in [7, 11) is 0. The molecule has 0 saturated heterocycles. The number of hydrogen-bond donors (Lipinski definition) is 1. The highest BCUT2D eigenvalue weighted by atomic mass is 16.5. The van der Waals surface area contributed by atoms with Gasteiger partial charge in [-0.3, -0.25) is 4.79 Å². The molecule has 0 saturated carbocycles. The molecule has 0 fully saturated rings. The van der Waals surface area contributed by atoms with Crippen LogP contribution >= 0.6 is 0 Å². The van der Waals surface area contributed by atoms with Gasteiger partial charge in [-0.05, 0) is 40.5 Å². The first-order chi connectivity index (χ1) is 6.71. The van der Waals surface area contributed by atoms with Crippen molar-refractivity contribution in [3.05, 3.63) is 0 Å². The van der Waals surface area contributed by atoms with Crippen LogP contribution in [0, 0.1) is 5.41 Å². The van der Waals surface area contributed by atoms with E-state index in [1.165, 1.54) is 0 Å². The standard InChI is InChI=1S/C12H24O3/c1-6-7-12(4,5)15-9-8-11(2,3)10(13)14/h6-9H2,1-5H3,(H,13,14). The van der Waals surface area contributed by atoms with E-state index in [2.05, 4.69) is 6.92 Å². The molecule has 0 unspecified atom stereocenters. The lowest BCUT2D eigenvalue weighted by atomic mass is 9.90. The summed E-state index contributed by atoms with van der Waals surface area (Å²) in [5.74, 6) is -0.764. The number of aliphatic carboxylic acids is 1. The first kappa shape index (κ1) is 14.4. The van der Waals surface area contributed by atoms with Crippen molar-refractivity contribution in [3.63, 3.8) is 0 Å². The molecule has 0 aliphatic rings. The molecule has 0 amide bonds. The molecule has 3 nitrogen and oxygen atoms in total. The van der Waals surface area contributed by atoms with Gasteiger partial charge < -0.3 is 9.84 Å². The molecule has 15 heavy (non-hydrogen) atoms. The molecule has 3 heteroatoms. The summed E-state index contributed by atoms with van der Waals surface area (Å²) in [5, 5.41) is 8.92. The maximum atomic E-state index is 10.8. The second kappa shape index (κ2) is 5.50. The number of carbonyl (C=O) groups is 1. The molecule has 0 bridgehead atoms. The number of carboxylic acid groups (broad SMARTS) is 1. The number of rotatable bonds is 7. The van der Waals surface area contributed by atoms with E-state index in [9.17, 15) is 4.79 Å². The van der Waals surface area contributed by atoms with Crippen molar-refractivity contribution in [2.75, 3.05) is 6.61 Å². The Labute approximate surface area is 92.8 Å². The highest BCUT2D eigenvalue weighted by molar-refractivity contribution is 5.73. The van der Waals surface area contributed by atoms with E-state index in [4.69, 9.17) is 9.84 Å². The van der Waals surface area contributed by atoms with Crippen molar-refractivity contribution >= 4 is 5.97 Å². The van der Waals surface area contributed by atoms with Gasteiger partial charge in [0.2, 0.25) is 0 Å². The van der Waals surface area contributed by atoms with Gasteiger partial charge in [-0.15, -0.1) is 0 Å².